The molecule has 0 saturated heterocycles. The summed E-state index contributed by atoms with van der Waals surface area (Å²) in [6.45, 7) is 0. The molecule has 1 aromatic carbocycles. The zero-order chi connectivity index (χ0) is 10.7. The second kappa shape index (κ2) is 4.96. The molecule has 0 spiro atoms. The van der Waals surface area contributed by atoms with Gasteiger partial charge < -0.3 is 10.2 Å². The lowest BCUT2D eigenvalue weighted by Gasteiger charge is -2.02. The van der Waals surface area contributed by atoms with Crippen molar-refractivity contribution in [3.63, 3.8) is 0 Å². The molecule has 5 heteroatoms. The van der Waals surface area contributed by atoms with Gasteiger partial charge in [-0.3, -0.25) is 0 Å². The molecular formula is C9H6I2O3. The molecule has 0 heterocycles. The van der Waals surface area contributed by atoms with Crippen LogP contribution in [0, 0.1) is 7.14 Å². The van der Waals surface area contributed by atoms with Gasteiger partial charge in [0.2, 0.25) is 0 Å². The van der Waals surface area contributed by atoms with E-state index in [-0.39, 0.29) is 5.75 Å². The monoisotopic (exact) mass is 416 g/mol. The Hall–Kier alpha value is -0.310. The van der Waals surface area contributed by atoms with Gasteiger partial charge in [-0.1, -0.05) is 0 Å². The minimum absolute atomic E-state index is 0.114. The van der Waals surface area contributed by atoms with Gasteiger partial charge in [0.05, 0.1) is 3.57 Å². The number of hydrogen-bond acceptors (Lipinski definition) is 2. The Balaban J connectivity index is 3.14. The van der Waals surface area contributed by atoms with Crippen LogP contribution in [0.1, 0.15) is 5.56 Å². The highest BCUT2D eigenvalue weighted by molar-refractivity contribution is 14.1. The normalized spacial score (nSPS) is 10.7. The number of benzene rings is 1. The third-order valence-corrected chi connectivity index (χ3v) is 2.91. The van der Waals surface area contributed by atoms with E-state index in [0.29, 0.717) is 9.13 Å². The van der Waals surface area contributed by atoms with Crippen LogP contribution in [0.25, 0.3) is 6.08 Å². The molecule has 0 fully saturated rings. The third-order valence-electron chi connectivity index (χ3n) is 1.46. The fourth-order valence-electron chi connectivity index (χ4n) is 0.874. The van der Waals surface area contributed by atoms with Crippen LogP contribution >= 0.6 is 45.2 Å². The van der Waals surface area contributed by atoms with Gasteiger partial charge in [-0.2, -0.15) is 0 Å². The second-order valence-corrected chi connectivity index (χ2v) is 4.90. The van der Waals surface area contributed by atoms with Crippen molar-refractivity contribution < 1.29 is 15.0 Å². The Morgan fingerprint density at radius 1 is 1.36 bits per heavy atom. The van der Waals surface area contributed by atoms with Crippen LogP contribution in [-0.4, -0.2) is 16.2 Å². The van der Waals surface area contributed by atoms with Crippen LogP contribution in [0.5, 0.6) is 5.75 Å². The lowest BCUT2D eigenvalue weighted by molar-refractivity contribution is -0.131. The van der Waals surface area contributed by atoms with Crippen molar-refractivity contribution in [2.24, 2.45) is 0 Å². The first kappa shape index (κ1) is 11.8. The summed E-state index contributed by atoms with van der Waals surface area (Å²) < 4.78 is 1.66. The SMILES string of the molecule is O=C(O)C=Cc1cc(I)cc(I)c1O. The van der Waals surface area contributed by atoms with Gasteiger partial charge in [-0.25, -0.2) is 4.79 Å². The largest absolute Gasteiger partial charge is 0.506 e. The number of carbonyl (C=O) groups is 1. The quantitative estimate of drug-likeness (QED) is 0.576. The van der Waals surface area contributed by atoms with Crippen molar-refractivity contribution >= 4 is 57.2 Å². The molecule has 0 saturated carbocycles. The molecule has 1 rings (SSSR count). The fraction of sp³-hybridized carbons (Fsp3) is 0. The van der Waals surface area contributed by atoms with E-state index in [1.807, 2.05) is 28.7 Å². The van der Waals surface area contributed by atoms with Crippen molar-refractivity contribution in [3.8, 4) is 5.75 Å². The van der Waals surface area contributed by atoms with Crippen LogP contribution in [0.3, 0.4) is 0 Å². The lowest BCUT2D eigenvalue weighted by Crippen LogP contribution is -1.87. The summed E-state index contributed by atoms with van der Waals surface area (Å²) in [5.74, 6) is -0.915. The summed E-state index contributed by atoms with van der Waals surface area (Å²) in [6.07, 6.45) is 2.38. The average Bonchev–Trinajstić information content (AvgIpc) is 2.08. The van der Waals surface area contributed by atoms with E-state index in [1.165, 1.54) is 6.08 Å². The molecule has 0 aliphatic heterocycles. The number of halogens is 2. The summed E-state index contributed by atoms with van der Waals surface area (Å²) in [4.78, 5) is 10.3. The molecule has 1 aromatic rings. The Labute approximate surface area is 108 Å². The Bertz CT molecular complexity index is 399. The molecule has 0 amide bonds. The molecule has 0 radical (unpaired) electrons. The predicted octanol–water partition coefficient (Wildman–Crippen LogP) is 2.70. The molecule has 2 N–H and O–H groups in total. The van der Waals surface area contributed by atoms with Crippen molar-refractivity contribution in [2.75, 3.05) is 0 Å². The number of aliphatic carboxylic acids is 1. The minimum atomic E-state index is -1.03. The molecule has 3 nitrogen and oxygen atoms in total. The number of rotatable bonds is 2. The van der Waals surface area contributed by atoms with Crippen molar-refractivity contribution in [1.82, 2.24) is 0 Å². The Morgan fingerprint density at radius 2 is 2.00 bits per heavy atom. The molecule has 0 aromatic heterocycles. The second-order valence-electron chi connectivity index (χ2n) is 2.50. The number of phenols is 1. The first-order valence-corrected chi connectivity index (χ1v) is 5.75. The molecule has 74 valence electrons. The number of phenolic OH excluding ortho intramolecular Hbond substituents is 1. The first-order valence-electron chi connectivity index (χ1n) is 3.59. The van der Waals surface area contributed by atoms with E-state index in [1.54, 1.807) is 6.07 Å². The van der Waals surface area contributed by atoms with Crippen LogP contribution < -0.4 is 0 Å². The maximum Gasteiger partial charge on any atom is 0.328 e. The molecule has 0 aliphatic rings. The predicted molar refractivity (Wildman–Crippen MR) is 70.2 cm³/mol. The Morgan fingerprint density at radius 3 is 2.57 bits per heavy atom. The highest BCUT2D eigenvalue weighted by Crippen LogP contribution is 2.27. The zero-order valence-electron chi connectivity index (χ0n) is 6.87. The minimum Gasteiger partial charge on any atom is -0.506 e. The van der Waals surface area contributed by atoms with Crippen molar-refractivity contribution in [2.45, 2.75) is 0 Å². The summed E-state index contributed by atoms with van der Waals surface area (Å²) in [7, 11) is 0. The van der Waals surface area contributed by atoms with Gasteiger partial charge >= 0.3 is 5.97 Å². The Kier molecular flexibility index (Phi) is 4.17. The standard InChI is InChI=1S/C9H6I2O3/c10-6-3-5(1-2-8(12)13)9(14)7(11)4-6/h1-4,14H,(H,12,13). The maximum absolute atomic E-state index is 10.3. The van der Waals surface area contributed by atoms with Crippen LogP contribution in [0.15, 0.2) is 18.2 Å². The molecule has 14 heavy (non-hydrogen) atoms. The molecular weight excluding hydrogens is 410 g/mol. The number of hydrogen-bond donors (Lipinski definition) is 2. The van der Waals surface area contributed by atoms with Gasteiger partial charge in [0.1, 0.15) is 5.75 Å². The smallest absolute Gasteiger partial charge is 0.328 e. The molecule has 0 unspecified atom stereocenters. The van der Waals surface area contributed by atoms with Crippen molar-refractivity contribution in [3.05, 3.63) is 30.9 Å². The van der Waals surface area contributed by atoms with E-state index in [2.05, 4.69) is 22.6 Å². The summed E-state index contributed by atoms with van der Waals surface area (Å²) in [5, 5.41) is 18.0. The number of aromatic hydroxyl groups is 1. The lowest BCUT2D eigenvalue weighted by atomic mass is 10.2. The summed E-state index contributed by atoms with van der Waals surface area (Å²) in [5.41, 5.74) is 0.517. The number of carboxylic acid groups (broad SMARTS) is 1. The van der Waals surface area contributed by atoms with Crippen LogP contribution in [-0.2, 0) is 4.79 Å². The first-order chi connectivity index (χ1) is 6.50. The average molecular weight is 416 g/mol. The number of carboxylic acids is 1. The van der Waals surface area contributed by atoms with Crippen LogP contribution in [0.4, 0.5) is 0 Å². The van der Waals surface area contributed by atoms with Crippen molar-refractivity contribution in [1.29, 1.82) is 0 Å². The maximum atomic E-state index is 10.3. The third kappa shape index (κ3) is 3.12. The summed E-state index contributed by atoms with van der Waals surface area (Å²) in [6, 6.07) is 3.53. The topological polar surface area (TPSA) is 57.5 Å². The van der Waals surface area contributed by atoms with E-state index in [4.69, 9.17) is 5.11 Å². The molecule has 0 atom stereocenters. The molecule has 0 bridgehead atoms. The van der Waals surface area contributed by atoms with Gasteiger partial charge in [0.25, 0.3) is 0 Å². The van der Waals surface area contributed by atoms with E-state index in [9.17, 15) is 9.90 Å². The van der Waals surface area contributed by atoms with Gasteiger partial charge in [-0.05, 0) is 63.4 Å². The zero-order valence-corrected chi connectivity index (χ0v) is 11.2. The van der Waals surface area contributed by atoms with Gasteiger partial charge in [-0.15, -0.1) is 0 Å². The van der Waals surface area contributed by atoms with E-state index < -0.39 is 5.97 Å². The van der Waals surface area contributed by atoms with E-state index in [0.717, 1.165) is 9.65 Å². The highest BCUT2D eigenvalue weighted by atomic mass is 127. The fourth-order valence-corrected chi connectivity index (χ4v) is 2.76. The van der Waals surface area contributed by atoms with Gasteiger partial charge in [0.15, 0.2) is 0 Å². The highest BCUT2D eigenvalue weighted by Gasteiger charge is 2.04. The molecule has 0 aliphatic carbocycles. The van der Waals surface area contributed by atoms with Crippen LogP contribution in [0.2, 0.25) is 0 Å². The van der Waals surface area contributed by atoms with E-state index >= 15 is 0 Å². The van der Waals surface area contributed by atoms with Gasteiger partial charge in [0, 0.05) is 15.2 Å². The summed E-state index contributed by atoms with van der Waals surface area (Å²) >= 11 is 4.10.